The second-order valence-electron chi connectivity index (χ2n) is 22.4. The Hall–Kier alpha value is -5.30. The highest BCUT2D eigenvalue weighted by Crippen LogP contribution is 2.36. The first kappa shape index (κ1) is 56.4. The average Bonchev–Trinajstić information content (AvgIpc) is 3.92. The van der Waals surface area contributed by atoms with E-state index in [0.29, 0.717) is 34.6 Å². The van der Waals surface area contributed by atoms with Crippen LogP contribution in [0.15, 0.2) is 94.7 Å². The Kier molecular flexibility index (Phi) is 17.8. The van der Waals surface area contributed by atoms with Crippen LogP contribution >= 0.6 is 15.9 Å². The number of sulfonamides is 2. The van der Waals surface area contributed by atoms with Gasteiger partial charge in [0.2, 0.25) is 11.8 Å². The van der Waals surface area contributed by atoms with Crippen molar-refractivity contribution >= 4 is 92.6 Å². The van der Waals surface area contributed by atoms with Gasteiger partial charge in [-0.3, -0.25) is 18.2 Å². The van der Waals surface area contributed by atoms with Crippen molar-refractivity contribution in [1.82, 2.24) is 24.0 Å². The fraction of sp³-hybridized carbons (Fsp3) is 0.500. The van der Waals surface area contributed by atoms with Crippen molar-refractivity contribution in [2.24, 2.45) is 11.8 Å². The van der Waals surface area contributed by atoms with Crippen molar-refractivity contribution in [2.45, 2.75) is 139 Å². The minimum atomic E-state index is -3.80. The zero-order valence-corrected chi connectivity index (χ0v) is 48.1. The lowest BCUT2D eigenvalue weighted by Crippen LogP contribution is -2.27. The number of fused-ring (bicyclic) bond motifs is 2. The summed E-state index contributed by atoms with van der Waals surface area (Å²) in [6, 6.07) is 23.9. The number of anilines is 4. The molecule has 0 aliphatic heterocycles. The zero-order chi connectivity index (χ0) is 53.8. The number of nitrogens with zero attached hydrogens (tertiary/aromatic N) is 7. The predicted octanol–water partition coefficient (Wildman–Crippen LogP) is 11.3. The van der Waals surface area contributed by atoms with Gasteiger partial charge in [0, 0.05) is 49.4 Å². The molecule has 2 aromatic heterocycles. The highest BCUT2D eigenvalue weighted by molar-refractivity contribution is 9.09. The van der Waals surface area contributed by atoms with Gasteiger partial charge in [-0.15, -0.1) is 0 Å². The second kappa shape index (κ2) is 23.3. The third-order valence-corrected chi connectivity index (χ3v) is 18.1. The molecule has 2 aliphatic carbocycles. The van der Waals surface area contributed by atoms with Crippen LogP contribution in [-0.4, -0.2) is 92.7 Å². The molecule has 6 aromatic rings. The number of imidazole rings is 2. The fourth-order valence-electron chi connectivity index (χ4n) is 10.1. The maximum absolute atomic E-state index is 13.4. The Labute approximate surface area is 447 Å². The van der Waals surface area contributed by atoms with E-state index in [1.54, 1.807) is 43.3 Å². The summed E-state index contributed by atoms with van der Waals surface area (Å²) in [6.45, 7) is 15.2. The van der Waals surface area contributed by atoms with E-state index in [-0.39, 0.29) is 44.3 Å². The Bertz CT molecular complexity index is 3150. The lowest BCUT2D eigenvalue weighted by Gasteiger charge is -2.26. The number of rotatable bonds is 15. The fourth-order valence-corrected chi connectivity index (χ4v) is 12.6. The molecule has 2 heterocycles. The van der Waals surface area contributed by atoms with Gasteiger partial charge in [-0.1, -0.05) is 96.0 Å². The molecule has 8 rings (SSSR count). The molecule has 0 radical (unpaired) electrons. The van der Waals surface area contributed by atoms with Crippen molar-refractivity contribution in [2.75, 3.05) is 59.3 Å². The molecular weight excluding hydrogens is 1040 g/mol. The number of likely N-dealkylation sites (N-methyl/N-ethyl adjacent to an activating group) is 1. The number of benzene rings is 4. The van der Waals surface area contributed by atoms with Crippen LogP contribution in [0.5, 0.6) is 0 Å². The molecule has 4 aromatic carbocycles. The molecule has 0 atom stereocenters. The molecule has 15 nitrogen and oxygen atoms in total. The molecule has 18 heteroatoms. The molecule has 0 unspecified atom stereocenters. The van der Waals surface area contributed by atoms with Crippen molar-refractivity contribution in [3.05, 3.63) is 96.6 Å². The zero-order valence-electron chi connectivity index (χ0n) is 44.9. The summed E-state index contributed by atoms with van der Waals surface area (Å²) < 4.78 is 60.9. The number of carbonyl (C=O) groups excluding carboxylic acids is 2. The van der Waals surface area contributed by atoms with Crippen LogP contribution in [0.25, 0.3) is 22.1 Å². The largest absolute Gasteiger partial charge is 0.327 e. The first-order valence-corrected chi connectivity index (χ1v) is 29.9. The van der Waals surface area contributed by atoms with Crippen LogP contribution < -0.4 is 19.2 Å². The van der Waals surface area contributed by atoms with Crippen LogP contribution in [0.2, 0.25) is 0 Å². The summed E-state index contributed by atoms with van der Waals surface area (Å²) in [4.78, 5) is 35.7. The Morgan fingerprint density at radius 1 is 0.568 bits per heavy atom. The molecule has 0 bridgehead atoms. The molecule has 2 N–H and O–H groups in total. The van der Waals surface area contributed by atoms with Gasteiger partial charge >= 0.3 is 0 Å². The third-order valence-electron chi connectivity index (χ3n) is 14.0. The SMILES string of the molecule is CN(C)CC(=O)Nc1ccc(S(=O)(=O)N(C)c2ccc3c(c2)nc(C(C)(C)C)n3CC2CCCCC2)cc1.CN(c1ccc2c(c1)nc(C(C)(C)C)n2CC1CCCCC1)S(=O)(=O)c1ccc(NC(=O)CBr)cc1. The van der Waals surface area contributed by atoms with Crippen molar-refractivity contribution in [3.8, 4) is 0 Å². The summed E-state index contributed by atoms with van der Waals surface area (Å²) in [5.41, 5.74) is 5.67. The standard InChI is InChI=1S/C29H41N5O3S.C27H35BrN4O3S/c1-29(2,3)28-31-25-18-23(14-17-26(25)34(28)19-21-10-8-7-9-11-21)33(6)38(36,37)24-15-12-22(13-16-24)30-27(35)20-32(4)5;1-27(2,3)26-30-23-16-21(12-15-24(23)32(26)18-19-8-6-5-7-9-19)31(4)36(34,35)22-13-10-20(11-14-22)29-25(33)17-28/h12-18,21H,7-11,19-20H2,1-6H3,(H,30,35);10-16,19H,5-9,17-18H2,1-4H3,(H,29,33). The maximum atomic E-state index is 13.4. The smallest absolute Gasteiger partial charge is 0.264 e. The Morgan fingerprint density at radius 3 is 1.27 bits per heavy atom. The van der Waals surface area contributed by atoms with E-state index in [1.165, 1.54) is 97.1 Å². The summed E-state index contributed by atoms with van der Waals surface area (Å²) >= 11 is 3.10. The molecule has 0 saturated heterocycles. The number of halogens is 1. The molecule has 2 saturated carbocycles. The van der Waals surface area contributed by atoms with Crippen LogP contribution in [0.3, 0.4) is 0 Å². The molecule has 74 heavy (non-hydrogen) atoms. The van der Waals surface area contributed by atoms with Crippen molar-refractivity contribution in [3.63, 3.8) is 0 Å². The van der Waals surface area contributed by atoms with E-state index in [9.17, 15) is 26.4 Å². The number of hydrogen-bond acceptors (Lipinski definition) is 9. The van der Waals surface area contributed by atoms with Gasteiger partial charge in [0.1, 0.15) is 11.6 Å². The van der Waals surface area contributed by atoms with Gasteiger partial charge < -0.3 is 24.7 Å². The Morgan fingerprint density at radius 2 is 0.932 bits per heavy atom. The van der Waals surface area contributed by atoms with Gasteiger partial charge in [-0.05, 0) is 137 Å². The van der Waals surface area contributed by atoms with Gasteiger partial charge in [0.25, 0.3) is 20.0 Å². The number of amides is 2. The van der Waals surface area contributed by atoms with Crippen molar-refractivity contribution in [1.29, 1.82) is 0 Å². The topological polar surface area (TPSA) is 172 Å². The maximum Gasteiger partial charge on any atom is 0.264 e. The summed E-state index contributed by atoms with van der Waals surface area (Å²) in [6.07, 6.45) is 12.8. The molecule has 0 spiro atoms. The van der Waals surface area contributed by atoms with E-state index in [2.05, 4.69) is 77.2 Å². The number of alkyl halides is 1. The van der Waals surface area contributed by atoms with Gasteiger partial charge in [0.15, 0.2) is 0 Å². The number of carbonyl (C=O) groups is 2. The van der Waals surface area contributed by atoms with Gasteiger partial charge in [0.05, 0.1) is 55.1 Å². The van der Waals surface area contributed by atoms with Crippen LogP contribution in [0.4, 0.5) is 22.7 Å². The van der Waals surface area contributed by atoms with Gasteiger partial charge in [-0.2, -0.15) is 0 Å². The predicted molar refractivity (Wildman–Crippen MR) is 304 cm³/mol. The molecule has 2 amide bonds. The third kappa shape index (κ3) is 13.4. The highest BCUT2D eigenvalue weighted by atomic mass is 79.9. The van der Waals surface area contributed by atoms with E-state index in [4.69, 9.17) is 9.97 Å². The molecule has 2 fully saturated rings. The second-order valence-corrected chi connectivity index (χ2v) is 26.9. The number of nitrogens with one attached hydrogen (secondary N) is 2. The van der Waals surface area contributed by atoms with E-state index < -0.39 is 20.0 Å². The summed E-state index contributed by atoms with van der Waals surface area (Å²) in [7, 11) is -0.846. The first-order chi connectivity index (χ1) is 34.9. The van der Waals surface area contributed by atoms with Gasteiger partial charge in [-0.25, -0.2) is 26.8 Å². The first-order valence-electron chi connectivity index (χ1n) is 25.9. The summed E-state index contributed by atoms with van der Waals surface area (Å²) in [5.74, 6) is 3.02. The Balaban J connectivity index is 0.000000217. The lowest BCUT2D eigenvalue weighted by molar-refractivity contribution is -0.117. The monoisotopic (exact) mass is 1110 g/mol. The van der Waals surface area contributed by atoms with E-state index >= 15 is 0 Å². The normalized spacial score (nSPS) is 15.2. The van der Waals surface area contributed by atoms with Crippen LogP contribution in [-0.2, 0) is 53.6 Å². The molecular formula is C56H76BrN9O6S2. The lowest BCUT2D eigenvalue weighted by atomic mass is 9.88. The van der Waals surface area contributed by atoms with Crippen LogP contribution in [0.1, 0.15) is 117 Å². The number of aromatic nitrogens is 4. The summed E-state index contributed by atoms with van der Waals surface area (Å²) in [5, 5.41) is 5.65. The average molecular weight is 1120 g/mol. The minimum absolute atomic E-state index is 0.127. The van der Waals surface area contributed by atoms with Crippen LogP contribution in [0, 0.1) is 11.8 Å². The van der Waals surface area contributed by atoms with Crippen molar-refractivity contribution < 1.29 is 26.4 Å². The molecule has 400 valence electrons. The quantitative estimate of drug-likeness (QED) is 0.0950. The number of hydrogen-bond donors (Lipinski definition) is 2. The van der Waals surface area contributed by atoms with E-state index in [0.717, 1.165) is 46.8 Å². The minimum Gasteiger partial charge on any atom is -0.327 e. The highest BCUT2D eigenvalue weighted by Gasteiger charge is 2.30. The molecule has 2 aliphatic rings. The van der Waals surface area contributed by atoms with E-state index in [1.807, 2.05) is 50.5 Å².